The van der Waals surface area contributed by atoms with Gasteiger partial charge in [0.15, 0.2) is 0 Å². The lowest BCUT2D eigenvalue weighted by molar-refractivity contribution is -0.0498. The predicted molar refractivity (Wildman–Crippen MR) is 112 cm³/mol. The fraction of sp³-hybridized carbons (Fsp3) is 0.280. The van der Waals surface area contributed by atoms with Crippen molar-refractivity contribution in [1.82, 2.24) is 0 Å². The van der Waals surface area contributed by atoms with Crippen molar-refractivity contribution in [3.05, 3.63) is 78.4 Å². The zero-order valence-electron chi connectivity index (χ0n) is 16.2. The van der Waals surface area contributed by atoms with Crippen LogP contribution in [-0.4, -0.2) is 6.61 Å². The average molecular weight is 380 g/mol. The summed E-state index contributed by atoms with van der Waals surface area (Å²) in [5, 5.41) is 0. The molecule has 0 aliphatic rings. The lowest BCUT2D eigenvalue weighted by Gasteiger charge is -2.14. The number of aryl methyl sites for hydroxylation is 1. The molecule has 0 N–H and O–H groups in total. The Bertz CT molecular complexity index is 857. The Balaban J connectivity index is 1.88. The van der Waals surface area contributed by atoms with Gasteiger partial charge < -0.3 is 4.74 Å². The lowest BCUT2D eigenvalue weighted by atomic mass is 9.93. The van der Waals surface area contributed by atoms with E-state index in [2.05, 4.69) is 35.9 Å². The molecule has 0 aliphatic carbocycles. The monoisotopic (exact) mass is 380 g/mol. The fourth-order valence-corrected chi connectivity index (χ4v) is 3.41. The van der Waals surface area contributed by atoms with Crippen LogP contribution in [0.15, 0.2) is 72.8 Å². The zero-order valence-corrected chi connectivity index (χ0v) is 16.2. The van der Waals surface area contributed by atoms with Gasteiger partial charge in [0.05, 0.1) is 0 Å². The first-order valence-corrected chi connectivity index (χ1v) is 9.91. The smallest absolute Gasteiger partial charge is 0.387 e. The standard InChI is InChI=1S/C25H26F2O/c1-2-3-4-6-9-19-12-14-21(15-13-19)23-17-16-22(28-25(26)27)18-24(23)20-10-7-5-8-11-20/h5,7-8,10-18,25H,2-4,6,9H2,1H3. The van der Waals surface area contributed by atoms with Crippen LogP contribution in [0.25, 0.3) is 22.3 Å². The third kappa shape index (κ3) is 5.41. The van der Waals surface area contributed by atoms with Gasteiger partial charge in [-0.1, -0.05) is 86.8 Å². The van der Waals surface area contributed by atoms with Crippen molar-refractivity contribution in [2.45, 2.75) is 45.6 Å². The van der Waals surface area contributed by atoms with Crippen LogP contribution in [0.2, 0.25) is 0 Å². The molecule has 1 nitrogen and oxygen atoms in total. The van der Waals surface area contributed by atoms with Gasteiger partial charge in [-0.2, -0.15) is 8.78 Å². The van der Waals surface area contributed by atoms with Crippen LogP contribution in [0.4, 0.5) is 8.78 Å². The van der Waals surface area contributed by atoms with E-state index >= 15 is 0 Å². The van der Waals surface area contributed by atoms with E-state index in [1.165, 1.54) is 31.2 Å². The number of ether oxygens (including phenoxy) is 1. The molecule has 0 saturated carbocycles. The lowest BCUT2D eigenvalue weighted by Crippen LogP contribution is -2.02. The minimum Gasteiger partial charge on any atom is -0.435 e. The Hall–Kier alpha value is -2.68. The maximum absolute atomic E-state index is 12.7. The van der Waals surface area contributed by atoms with E-state index < -0.39 is 6.61 Å². The van der Waals surface area contributed by atoms with Crippen LogP contribution in [-0.2, 0) is 6.42 Å². The molecule has 3 rings (SSSR count). The molecule has 0 unspecified atom stereocenters. The van der Waals surface area contributed by atoms with Crippen molar-refractivity contribution < 1.29 is 13.5 Å². The molecule has 3 heteroatoms. The Morgan fingerprint density at radius 1 is 0.750 bits per heavy atom. The molecule has 0 bridgehead atoms. The highest BCUT2D eigenvalue weighted by atomic mass is 19.3. The van der Waals surface area contributed by atoms with Gasteiger partial charge in [0.2, 0.25) is 0 Å². The fourth-order valence-electron chi connectivity index (χ4n) is 3.41. The number of halogens is 2. The number of benzene rings is 3. The van der Waals surface area contributed by atoms with E-state index in [1.807, 2.05) is 36.4 Å². The minimum atomic E-state index is -2.83. The molecular formula is C25H26F2O. The van der Waals surface area contributed by atoms with Gasteiger partial charge in [0.25, 0.3) is 0 Å². The molecule has 0 heterocycles. The number of alkyl halides is 2. The van der Waals surface area contributed by atoms with E-state index in [1.54, 1.807) is 12.1 Å². The first-order chi connectivity index (χ1) is 13.7. The summed E-state index contributed by atoms with van der Waals surface area (Å²) in [6.45, 7) is -0.613. The maximum atomic E-state index is 12.7. The second kappa shape index (κ2) is 10.0. The van der Waals surface area contributed by atoms with Crippen molar-refractivity contribution in [3.63, 3.8) is 0 Å². The Morgan fingerprint density at radius 3 is 2.14 bits per heavy atom. The molecule has 0 amide bonds. The first kappa shape index (κ1) is 20.1. The Kier molecular flexibility index (Phi) is 7.18. The van der Waals surface area contributed by atoms with Crippen molar-refractivity contribution >= 4 is 0 Å². The van der Waals surface area contributed by atoms with Crippen LogP contribution < -0.4 is 4.74 Å². The maximum Gasteiger partial charge on any atom is 0.387 e. The van der Waals surface area contributed by atoms with Gasteiger partial charge in [0.1, 0.15) is 5.75 Å². The summed E-state index contributed by atoms with van der Waals surface area (Å²) in [5.74, 6) is 0.171. The third-order valence-electron chi connectivity index (χ3n) is 4.88. The summed E-state index contributed by atoms with van der Waals surface area (Å²) < 4.78 is 29.9. The van der Waals surface area contributed by atoms with Gasteiger partial charge in [-0.05, 0) is 52.8 Å². The molecule has 0 aliphatic heterocycles. The summed E-state index contributed by atoms with van der Waals surface area (Å²) in [7, 11) is 0. The van der Waals surface area contributed by atoms with Crippen molar-refractivity contribution in [3.8, 4) is 28.0 Å². The Labute approximate surface area is 166 Å². The van der Waals surface area contributed by atoms with E-state index in [0.717, 1.165) is 28.7 Å². The number of hydrogen-bond acceptors (Lipinski definition) is 1. The van der Waals surface area contributed by atoms with E-state index in [0.29, 0.717) is 0 Å². The molecule has 0 atom stereocenters. The van der Waals surface area contributed by atoms with Crippen LogP contribution in [0.3, 0.4) is 0 Å². The molecule has 146 valence electrons. The van der Waals surface area contributed by atoms with Gasteiger partial charge in [-0.15, -0.1) is 0 Å². The second-order valence-electron chi connectivity index (χ2n) is 6.96. The summed E-state index contributed by atoms with van der Waals surface area (Å²) in [5.41, 5.74) is 5.26. The van der Waals surface area contributed by atoms with E-state index in [-0.39, 0.29) is 5.75 Å². The van der Waals surface area contributed by atoms with Gasteiger partial charge >= 0.3 is 6.61 Å². The molecular weight excluding hydrogens is 354 g/mol. The zero-order chi connectivity index (χ0) is 19.8. The second-order valence-corrected chi connectivity index (χ2v) is 6.96. The van der Waals surface area contributed by atoms with E-state index in [4.69, 9.17) is 0 Å². The molecule has 3 aromatic rings. The first-order valence-electron chi connectivity index (χ1n) is 9.91. The average Bonchev–Trinajstić information content (AvgIpc) is 2.72. The minimum absolute atomic E-state index is 0.171. The normalized spacial score (nSPS) is 11.0. The third-order valence-corrected chi connectivity index (χ3v) is 4.88. The van der Waals surface area contributed by atoms with Crippen molar-refractivity contribution in [2.24, 2.45) is 0 Å². The van der Waals surface area contributed by atoms with Gasteiger partial charge in [-0.25, -0.2) is 0 Å². The molecule has 0 aromatic heterocycles. The largest absolute Gasteiger partial charge is 0.435 e. The van der Waals surface area contributed by atoms with Crippen molar-refractivity contribution in [1.29, 1.82) is 0 Å². The SMILES string of the molecule is CCCCCCc1ccc(-c2ccc(OC(F)F)cc2-c2ccccc2)cc1. The van der Waals surface area contributed by atoms with Crippen molar-refractivity contribution in [2.75, 3.05) is 0 Å². The van der Waals surface area contributed by atoms with Gasteiger partial charge in [0, 0.05) is 0 Å². The molecule has 0 saturated heterocycles. The van der Waals surface area contributed by atoms with Crippen LogP contribution in [0, 0.1) is 0 Å². The summed E-state index contributed by atoms with van der Waals surface area (Å²) in [4.78, 5) is 0. The number of rotatable bonds is 9. The van der Waals surface area contributed by atoms with Crippen LogP contribution >= 0.6 is 0 Å². The molecule has 0 radical (unpaired) electrons. The molecule has 0 fully saturated rings. The quantitative estimate of drug-likeness (QED) is 0.345. The summed E-state index contributed by atoms with van der Waals surface area (Å²) in [6, 6.07) is 23.5. The van der Waals surface area contributed by atoms with Crippen LogP contribution in [0.5, 0.6) is 5.75 Å². The number of hydrogen-bond donors (Lipinski definition) is 0. The number of unbranched alkanes of at least 4 members (excludes halogenated alkanes) is 3. The summed E-state index contributed by atoms with van der Waals surface area (Å²) in [6.07, 6.45) is 6.09. The highest BCUT2D eigenvalue weighted by Gasteiger charge is 2.12. The Morgan fingerprint density at radius 2 is 1.46 bits per heavy atom. The highest BCUT2D eigenvalue weighted by molar-refractivity contribution is 5.84. The molecule has 0 spiro atoms. The molecule has 3 aromatic carbocycles. The molecule has 28 heavy (non-hydrogen) atoms. The summed E-state index contributed by atoms with van der Waals surface area (Å²) >= 11 is 0. The topological polar surface area (TPSA) is 9.23 Å². The van der Waals surface area contributed by atoms with E-state index in [9.17, 15) is 8.78 Å². The highest BCUT2D eigenvalue weighted by Crippen LogP contribution is 2.35. The predicted octanol–water partition coefficient (Wildman–Crippen LogP) is 7.74. The van der Waals surface area contributed by atoms with Gasteiger partial charge in [-0.3, -0.25) is 0 Å². The van der Waals surface area contributed by atoms with Crippen LogP contribution in [0.1, 0.15) is 38.2 Å².